The van der Waals surface area contributed by atoms with Crippen molar-refractivity contribution >= 4 is 18.0 Å². The average molecular weight is 548 g/mol. The molecule has 0 aliphatic rings. The van der Waals surface area contributed by atoms with E-state index in [1.165, 1.54) is 69.7 Å². The maximum absolute atomic E-state index is 13.4. The third-order valence-electron chi connectivity index (χ3n) is 6.73. The highest BCUT2D eigenvalue weighted by atomic mass is 19.1. The van der Waals surface area contributed by atoms with Crippen molar-refractivity contribution in [1.82, 2.24) is 20.5 Å². The molecule has 0 fully saturated rings. The Labute approximate surface area is 237 Å². The van der Waals surface area contributed by atoms with E-state index >= 15 is 0 Å². The molecule has 0 aliphatic heterocycles. The van der Waals surface area contributed by atoms with E-state index in [9.17, 15) is 14.0 Å². The number of amides is 2. The Morgan fingerprint density at radius 2 is 1.48 bits per heavy atom. The summed E-state index contributed by atoms with van der Waals surface area (Å²) < 4.78 is 15.2. The molecule has 0 unspecified atom stereocenters. The molecule has 0 saturated carbocycles. The fourth-order valence-electron chi connectivity index (χ4n) is 4.46. The molecule has 1 heterocycles. The molecule has 3 aromatic rings. The third-order valence-corrected chi connectivity index (χ3v) is 6.73. The molecular weight excluding hydrogens is 505 g/mol. The highest BCUT2D eigenvalue weighted by Crippen LogP contribution is 2.23. The second kappa shape index (κ2) is 17.7. The molecular formula is C32H42FN5O2. The molecule has 2 amide bonds. The quantitative estimate of drug-likeness (QED) is 0.103. The number of halogens is 1. The SMILES string of the molecule is CCCCCCCCCCCCCC(=O)NCC(=O)N/N=C/c1cn(-c2ccccc2)nc1-c1ccc(F)cc1. The van der Waals surface area contributed by atoms with Crippen molar-refractivity contribution in [2.45, 2.75) is 84.0 Å². The largest absolute Gasteiger partial charge is 0.347 e. The van der Waals surface area contributed by atoms with Crippen LogP contribution in [0.1, 0.15) is 89.5 Å². The summed E-state index contributed by atoms with van der Waals surface area (Å²) >= 11 is 0. The molecule has 0 saturated heterocycles. The molecule has 0 bridgehead atoms. The predicted molar refractivity (Wildman–Crippen MR) is 159 cm³/mol. The van der Waals surface area contributed by atoms with Gasteiger partial charge in [-0.15, -0.1) is 0 Å². The first kappa shape index (κ1) is 30.7. The third kappa shape index (κ3) is 11.1. The second-order valence-corrected chi connectivity index (χ2v) is 10.1. The van der Waals surface area contributed by atoms with Gasteiger partial charge in [-0.25, -0.2) is 14.5 Å². The monoisotopic (exact) mass is 547 g/mol. The number of aromatic nitrogens is 2. The van der Waals surface area contributed by atoms with Gasteiger partial charge in [0.05, 0.1) is 18.4 Å². The number of carbonyl (C=O) groups excluding carboxylic acids is 2. The van der Waals surface area contributed by atoms with E-state index in [2.05, 4.69) is 27.9 Å². The fraction of sp³-hybridized carbons (Fsp3) is 0.438. The minimum atomic E-state index is -0.415. The van der Waals surface area contributed by atoms with E-state index in [1.807, 2.05) is 30.3 Å². The van der Waals surface area contributed by atoms with Gasteiger partial charge in [0.2, 0.25) is 5.91 Å². The summed E-state index contributed by atoms with van der Waals surface area (Å²) in [5.74, 6) is -0.876. The Morgan fingerprint density at radius 1 is 0.850 bits per heavy atom. The van der Waals surface area contributed by atoms with Crippen LogP contribution < -0.4 is 10.7 Å². The smallest absolute Gasteiger partial charge is 0.259 e. The van der Waals surface area contributed by atoms with E-state index in [0.29, 0.717) is 17.7 Å². The molecule has 3 rings (SSSR count). The topological polar surface area (TPSA) is 88.4 Å². The Kier molecular flexibility index (Phi) is 13.6. The van der Waals surface area contributed by atoms with Gasteiger partial charge in [-0.3, -0.25) is 9.59 Å². The average Bonchev–Trinajstić information content (AvgIpc) is 3.40. The van der Waals surface area contributed by atoms with Crippen LogP contribution in [0.4, 0.5) is 4.39 Å². The molecule has 0 radical (unpaired) electrons. The van der Waals surface area contributed by atoms with Gasteiger partial charge < -0.3 is 5.32 Å². The minimum Gasteiger partial charge on any atom is -0.347 e. The molecule has 1 aromatic heterocycles. The first-order chi connectivity index (χ1) is 19.6. The van der Waals surface area contributed by atoms with Crippen molar-refractivity contribution in [3.05, 3.63) is 72.2 Å². The van der Waals surface area contributed by atoms with Crippen LogP contribution in [0.15, 0.2) is 65.9 Å². The van der Waals surface area contributed by atoms with Gasteiger partial charge in [-0.2, -0.15) is 10.2 Å². The van der Waals surface area contributed by atoms with E-state index in [-0.39, 0.29) is 18.3 Å². The van der Waals surface area contributed by atoms with Gasteiger partial charge in [-0.05, 0) is 42.8 Å². The molecule has 40 heavy (non-hydrogen) atoms. The zero-order valence-corrected chi connectivity index (χ0v) is 23.6. The zero-order chi connectivity index (χ0) is 28.4. The molecule has 0 atom stereocenters. The number of hydrogen-bond acceptors (Lipinski definition) is 4. The molecule has 214 valence electrons. The summed E-state index contributed by atoms with van der Waals surface area (Å²) in [5.41, 5.74) is 5.28. The maximum Gasteiger partial charge on any atom is 0.259 e. The normalized spacial score (nSPS) is 11.2. The van der Waals surface area contributed by atoms with Gasteiger partial charge >= 0.3 is 0 Å². The van der Waals surface area contributed by atoms with Crippen LogP contribution in [0.5, 0.6) is 0 Å². The summed E-state index contributed by atoms with van der Waals surface area (Å²) in [6, 6.07) is 15.6. The molecule has 2 aromatic carbocycles. The van der Waals surface area contributed by atoms with Crippen LogP contribution in [0.25, 0.3) is 16.9 Å². The molecule has 7 nitrogen and oxygen atoms in total. The first-order valence-electron chi connectivity index (χ1n) is 14.6. The summed E-state index contributed by atoms with van der Waals surface area (Å²) in [6.45, 7) is 2.10. The summed E-state index contributed by atoms with van der Waals surface area (Å²) in [7, 11) is 0. The van der Waals surface area contributed by atoms with E-state index < -0.39 is 5.91 Å². The van der Waals surface area contributed by atoms with Gasteiger partial charge in [0, 0.05) is 23.7 Å². The summed E-state index contributed by atoms with van der Waals surface area (Å²) in [4.78, 5) is 24.3. The molecule has 0 spiro atoms. The fourth-order valence-corrected chi connectivity index (χ4v) is 4.46. The second-order valence-electron chi connectivity index (χ2n) is 10.1. The summed E-state index contributed by atoms with van der Waals surface area (Å²) in [5, 5.41) is 11.4. The number of nitrogens with zero attached hydrogens (tertiary/aromatic N) is 3. The van der Waals surface area contributed by atoms with Crippen molar-refractivity contribution in [1.29, 1.82) is 0 Å². The van der Waals surface area contributed by atoms with Crippen molar-refractivity contribution < 1.29 is 14.0 Å². The Hall–Kier alpha value is -3.81. The van der Waals surface area contributed by atoms with Crippen molar-refractivity contribution in [3.63, 3.8) is 0 Å². The summed E-state index contributed by atoms with van der Waals surface area (Å²) in [6.07, 6.45) is 17.2. The van der Waals surface area contributed by atoms with Crippen molar-refractivity contribution in [3.8, 4) is 16.9 Å². The van der Waals surface area contributed by atoms with Gasteiger partial charge in [0.15, 0.2) is 0 Å². The standard InChI is InChI=1S/C32H42FN5O2/c1-2-3-4-5-6-7-8-9-10-11-15-18-30(39)34-24-31(40)36-35-23-27-25-38(29-16-13-12-14-17-29)37-32(27)26-19-21-28(33)22-20-26/h12-14,16-17,19-23,25H,2-11,15,18,24H2,1H3,(H,34,39)(H,36,40)/b35-23+. The number of hydrazone groups is 1. The van der Waals surface area contributed by atoms with Crippen LogP contribution in [0, 0.1) is 5.82 Å². The lowest BCUT2D eigenvalue weighted by atomic mass is 10.1. The van der Waals surface area contributed by atoms with E-state index in [0.717, 1.165) is 30.5 Å². The lowest BCUT2D eigenvalue weighted by Crippen LogP contribution is -2.34. The Morgan fingerprint density at radius 3 is 2.12 bits per heavy atom. The van der Waals surface area contributed by atoms with Crippen molar-refractivity contribution in [2.24, 2.45) is 5.10 Å². The highest BCUT2D eigenvalue weighted by Gasteiger charge is 2.12. The van der Waals surface area contributed by atoms with Gasteiger partial charge in [0.1, 0.15) is 11.5 Å². The van der Waals surface area contributed by atoms with Crippen LogP contribution in [0.3, 0.4) is 0 Å². The maximum atomic E-state index is 13.4. The lowest BCUT2D eigenvalue weighted by molar-refractivity contribution is -0.126. The van der Waals surface area contributed by atoms with Crippen LogP contribution in [-0.2, 0) is 9.59 Å². The zero-order valence-electron chi connectivity index (χ0n) is 23.6. The Bertz CT molecular complexity index is 1190. The number of hydrogen-bond donors (Lipinski definition) is 2. The molecule has 8 heteroatoms. The van der Waals surface area contributed by atoms with Crippen molar-refractivity contribution in [2.75, 3.05) is 6.54 Å². The highest BCUT2D eigenvalue weighted by molar-refractivity contribution is 5.90. The number of benzene rings is 2. The van der Waals surface area contributed by atoms with Crippen LogP contribution >= 0.6 is 0 Å². The predicted octanol–water partition coefficient (Wildman–Crippen LogP) is 6.95. The van der Waals surface area contributed by atoms with Crippen LogP contribution in [-0.4, -0.2) is 34.4 Å². The first-order valence-corrected chi connectivity index (χ1v) is 14.6. The van der Waals surface area contributed by atoms with Gasteiger partial charge in [0.25, 0.3) is 5.91 Å². The number of rotatable bonds is 18. The van der Waals surface area contributed by atoms with Crippen LogP contribution in [0.2, 0.25) is 0 Å². The number of unbranched alkanes of at least 4 members (excludes halogenated alkanes) is 10. The number of nitrogens with one attached hydrogen (secondary N) is 2. The van der Waals surface area contributed by atoms with E-state index in [1.54, 1.807) is 23.0 Å². The minimum absolute atomic E-state index is 0.127. The van der Waals surface area contributed by atoms with Gasteiger partial charge in [-0.1, -0.05) is 89.3 Å². The molecule has 0 aliphatic carbocycles. The number of para-hydroxylation sites is 1. The Balaban J connectivity index is 1.38. The molecule has 2 N–H and O–H groups in total. The lowest BCUT2D eigenvalue weighted by Gasteiger charge is -2.05. The number of carbonyl (C=O) groups is 2. The van der Waals surface area contributed by atoms with E-state index in [4.69, 9.17) is 0 Å².